The molecule has 10 aromatic rings. The number of hydrogen-bond donors (Lipinski definition) is 5. The molecule has 0 aromatic heterocycles. The van der Waals surface area contributed by atoms with E-state index in [1.807, 2.05) is 164 Å². The van der Waals surface area contributed by atoms with Crippen molar-refractivity contribution in [3.63, 3.8) is 0 Å². The number of carbonyl (C=O) groups excluding carboxylic acids is 8. The minimum atomic E-state index is -1.03. The van der Waals surface area contributed by atoms with Crippen LogP contribution < -0.4 is 14.8 Å². The maximum absolute atomic E-state index is 12.2. The number of phenolic OH excluding ortho intramolecular Hbond substituents is 1. The van der Waals surface area contributed by atoms with Gasteiger partial charge in [0.15, 0.2) is 47.4 Å². The SMILES string of the molecule is CC(=O)C(=O)c1cc(Br)ccc1C.CC(=O)C(O)c1cc(Br)ccc1C.CC(=O)[C@@H](Oc1ccccc1[N+](=O)[O-])c1cc(Br)ccc1C.CC(=O)[C@H](O)c1cc(Br)ccc1C.Cc1ccc(Br)cc1C(O)C#N.Cc1ccc(Br)cc1C=O.Cc1ccc(Br)cc1[C@@H]1Oc2ccccc2NC1=O.O=Cc1cc(Br)ccc1O. The Bertz CT molecular complexity index is 4980. The molecule has 11 rings (SSSR count). The third-order valence-electron chi connectivity index (χ3n) is 16.1. The quantitative estimate of drug-likeness (QED) is 0.0159. The summed E-state index contributed by atoms with van der Waals surface area (Å²) in [5, 5.41) is 59.7. The van der Waals surface area contributed by atoms with Gasteiger partial charge in [-0.05, 0) is 246 Å². The number of rotatable bonds is 15. The van der Waals surface area contributed by atoms with E-state index in [0.717, 1.165) is 97.8 Å². The van der Waals surface area contributed by atoms with Gasteiger partial charge in [-0.25, -0.2) is 0 Å². The number of aromatic hydroxyl groups is 1. The number of aliphatic hydroxyl groups is 3. The van der Waals surface area contributed by atoms with Gasteiger partial charge in [0.25, 0.3) is 5.91 Å². The van der Waals surface area contributed by atoms with Gasteiger partial charge in [-0.3, -0.25) is 48.5 Å². The average Bonchev–Trinajstić information content (AvgIpc) is 0.827. The van der Waals surface area contributed by atoms with E-state index in [4.69, 9.17) is 19.8 Å². The van der Waals surface area contributed by atoms with Crippen molar-refractivity contribution in [2.24, 2.45) is 0 Å². The third-order valence-corrected chi connectivity index (χ3v) is 20.0. The van der Waals surface area contributed by atoms with Gasteiger partial charge in [0.1, 0.15) is 30.0 Å². The number of phenols is 1. The first-order chi connectivity index (χ1) is 52.7. The number of hydrogen-bond acceptors (Lipinski definition) is 17. The van der Waals surface area contributed by atoms with Crippen molar-refractivity contribution < 1.29 is 73.2 Å². The van der Waals surface area contributed by atoms with Crippen LogP contribution in [0.1, 0.15) is 156 Å². The van der Waals surface area contributed by atoms with E-state index in [1.54, 1.807) is 66.7 Å². The molecule has 112 heavy (non-hydrogen) atoms. The fraction of sp³-hybridized carbons (Fsp3) is 0.188. The van der Waals surface area contributed by atoms with Crippen LogP contribution in [0.5, 0.6) is 17.2 Å². The Labute approximate surface area is 716 Å². The second-order valence-electron chi connectivity index (χ2n) is 24.7. The lowest BCUT2D eigenvalue weighted by Gasteiger charge is -2.27. The molecule has 27 heteroatoms. The fourth-order valence-electron chi connectivity index (χ4n) is 9.86. The summed E-state index contributed by atoms with van der Waals surface area (Å²) < 4.78 is 18.4. The van der Waals surface area contributed by atoms with E-state index < -0.39 is 47.0 Å². The summed E-state index contributed by atoms with van der Waals surface area (Å²) >= 11 is 26.3. The predicted octanol–water partition coefficient (Wildman–Crippen LogP) is 22.3. The number of nitro benzene ring substituents is 1. The molecule has 0 saturated carbocycles. The lowest BCUT2D eigenvalue weighted by atomic mass is 10.0. The number of aliphatic hydroxyl groups excluding tert-OH is 3. The number of fused-ring (bicyclic) bond motifs is 1. The van der Waals surface area contributed by atoms with E-state index in [0.29, 0.717) is 45.4 Å². The zero-order valence-electron chi connectivity index (χ0n) is 62.1. The highest BCUT2D eigenvalue weighted by molar-refractivity contribution is 9.11. The van der Waals surface area contributed by atoms with Gasteiger partial charge in [-0.15, -0.1) is 0 Å². The van der Waals surface area contributed by atoms with Crippen LogP contribution in [-0.4, -0.2) is 72.7 Å². The van der Waals surface area contributed by atoms with Gasteiger partial charge in [-0.1, -0.05) is 194 Å². The number of ketones is 5. The van der Waals surface area contributed by atoms with E-state index in [9.17, 15) is 63.8 Å². The monoisotopic (exact) mass is 2030 g/mol. The van der Waals surface area contributed by atoms with Crippen LogP contribution >= 0.6 is 127 Å². The van der Waals surface area contributed by atoms with Gasteiger partial charge in [0, 0.05) is 71.0 Å². The summed E-state index contributed by atoms with van der Waals surface area (Å²) in [5.41, 5.74) is 12.1. The zero-order valence-corrected chi connectivity index (χ0v) is 74.8. The number of benzene rings is 10. The van der Waals surface area contributed by atoms with E-state index >= 15 is 0 Å². The van der Waals surface area contributed by atoms with E-state index in [1.165, 1.54) is 45.9 Å². The minimum absolute atomic E-state index is 0.0122. The molecule has 1 heterocycles. The Hall–Kier alpha value is -8.63. The fourth-order valence-corrected chi connectivity index (χ4v) is 12.9. The van der Waals surface area contributed by atoms with Gasteiger partial charge in [-0.2, -0.15) is 5.26 Å². The smallest absolute Gasteiger partial charge is 0.310 e. The van der Waals surface area contributed by atoms with Crippen LogP contribution in [0.25, 0.3) is 0 Å². The summed E-state index contributed by atoms with van der Waals surface area (Å²) in [6.45, 7) is 18.6. The Kier molecular flexibility index (Phi) is 40.3. The molecule has 0 saturated heterocycles. The molecule has 10 aromatic carbocycles. The predicted molar refractivity (Wildman–Crippen MR) is 461 cm³/mol. The van der Waals surface area contributed by atoms with Crippen LogP contribution in [-0.2, 0) is 24.0 Å². The van der Waals surface area contributed by atoms with Crippen molar-refractivity contribution in [3.8, 4) is 23.3 Å². The Balaban J connectivity index is 0.000000274. The number of carbonyl (C=O) groups is 8. The first-order valence-electron chi connectivity index (χ1n) is 33.4. The maximum atomic E-state index is 12.2. The maximum Gasteiger partial charge on any atom is 0.310 e. The largest absolute Gasteiger partial charge is 0.507 e. The number of nitriles is 1. The van der Waals surface area contributed by atoms with Crippen LogP contribution in [0.2, 0.25) is 0 Å². The number of ether oxygens (including phenoxy) is 2. The van der Waals surface area contributed by atoms with Crippen molar-refractivity contribution in [3.05, 3.63) is 323 Å². The zero-order chi connectivity index (χ0) is 84.0. The first-order valence-corrected chi connectivity index (χ1v) is 39.8. The number of Topliss-reactive ketones (excluding diaryl/α,β-unsaturated/α-hetero) is 5. The van der Waals surface area contributed by atoms with Gasteiger partial charge in [0.05, 0.1) is 22.2 Å². The second kappa shape index (κ2) is 47.1. The van der Waals surface area contributed by atoms with Crippen LogP contribution in [0.3, 0.4) is 0 Å². The van der Waals surface area contributed by atoms with Crippen molar-refractivity contribution in [2.75, 3.05) is 5.32 Å². The summed E-state index contributed by atoms with van der Waals surface area (Å²) in [6.07, 6.45) is -3.05. The second-order valence-corrected chi connectivity index (χ2v) is 32.0. The first kappa shape index (κ1) is 95.7. The molecule has 0 aliphatic carbocycles. The van der Waals surface area contributed by atoms with E-state index in [2.05, 4.69) is 133 Å². The molecular weight excluding hydrogens is 1960 g/mol. The number of para-hydroxylation sites is 4. The number of anilines is 1. The molecule has 1 amide bonds. The summed E-state index contributed by atoms with van der Waals surface area (Å²) in [7, 11) is 0. The van der Waals surface area contributed by atoms with Crippen LogP contribution in [0, 0.1) is 69.9 Å². The number of nitrogens with one attached hydrogen (secondary N) is 1. The van der Waals surface area contributed by atoms with E-state index in [-0.39, 0.29) is 40.4 Å². The molecule has 0 radical (unpaired) electrons. The molecule has 0 spiro atoms. The van der Waals surface area contributed by atoms with Crippen molar-refractivity contribution in [2.45, 2.75) is 107 Å². The number of aryl methyl sites for hydroxylation is 7. The van der Waals surface area contributed by atoms with Gasteiger partial charge < -0.3 is 35.2 Å². The molecule has 5 atom stereocenters. The van der Waals surface area contributed by atoms with Crippen molar-refractivity contribution in [1.29, 1.82) is 5.26 Å². The van der Waals surface area contributed by atoms with Gasteiger partial charge in [0.2, 0.25) is 11.9 Å². The molecule has 0 fully saturated rings. The molecule has 5 N–H and O–H groups in total. The number of aldehydes is 2. The molecular formula is C85H77Br8N3O16. The summed E-state index contributed by atoms with van der Waals surface area (Å²) in [6, 6.07) is 58.8. The summed E-state index contributed by atoms with van der Waals surface area (Å²) in [4.78, 5) is 99.3. The Morgan fingerprint density at radius 2 is 0.893 bits per heavy atom. The van der Waals surface area contributed by atoms with Gasteiger partial charge >= 0.3 is 5.69 Å². The molecule has 584 valence electrons. The molecule has 0 bridgehead atoms. The standard InChI is InChI=1S/C16H14BrNO4.C15H12BrNO2.2C10H11BrO2.C10H9BrO2.C9H8BrNO.C8H7BrO.C7H5BrO2/c1-10-7-8-12(17)9-13(10)16(11(2)19)22-15-6-4-3-5-14(15)18(20)21;1-9-6-7-10(16)8-11(9)14-15(18)17-12-4-2-3-5-13(12)19-14;3*1-6-3-4-8(11)5-9(6)10(13)7(2)12;1-6-2-3-7(10)4-8(6)9(12)5-11;1-6-2-3-8(9)4-7(6)5-10;8-6-1-2-7(10)5(3-6)4-9/h3-9,16H,1-2H3;2-8,14H,1H3,(H,17,18);2*3-5,10,13H,1-2H3;3-5H,1-2H3;2-4,9,12H,1H3;2-5H,1H3;1-4,10H/t16-;14-;10-;;;;;/m100...../s1. The Morgan fingerprint density at radius 3 is 1.35 bits per heavy atom. The highest BCUT2D eigenvalue weighted by Gasteiger charge is 2.31. The lowest BCUT2D eigenvalue weighted by molar-refractivity contribution is -0.386. The highest BCUT2D eigenvalue weighted by Crippen LogP contribution is 2.38. The van der Waals surface area contributed by atoms with Crippen molar-refractivity contribution in [1.82, 2.24) is 0 Å². The number of nitro groups is 1. The lowest BCUT2D eigenvalue weighted by Crippen LogP contribution is -2.30. The summed E-state index contributed by atoms with van der Waals surface area (Å²) in [5.74, 6) is -0.904. The normalized spacial score (nSPS) is 12.3. The van der Waals surface area contributed by atoms with Crippen LogP contribution in [0.15, 0.2) is 230 Å². The molecule has 1 aliphatic heterocycles. The Morgan fingerprint density at radius 1 is 0.500 bits per heavy atom. The number of halogens is 8. The molecule has 19 nitrogen and oxygen atoms in total. The average molecular weight is 2040 g/mol. The number of amides is 1. The van der Waals surface area contributed by atoms with Crippen LogP contribution in [0.4, 0.5) is 11.4 Å². The number of nitrogens with zero attached hydrogens (tertiary/aromatic N) is 2. The molecule has 1 aliphatic rings. The minimum Gasteiger partial charge on any atom is -0.507 e. The highest BCUT2D eigenvalue weighted by atomic mass is 79.9. The molecule has 2 unspecified atom stereocenters. The topological polar surface area (TPSA) is 315 Å². The third kappa shape index (κ3) is 30.4. The van der Waals surface area contributed by atoms with Crippen molar-refractivity contribution >= 4 is 186 Å².